The van der Waals surface area contributed by atoms with E-state index < -0.39 is 0 Å². The van der Waals surface area contributed by atoms with Crippen LogP contribution in [0.5, 0.6) is 0 Å². The minimum absolute atomic E-state index is 1.17. The van der Waals surface area contributed by atoms with Crippen molar-refractivity contribution in [3.8, 4) is 0 Å². The first-order valence-electron chi connectivity index (χ1n) is 6.75. The molecule has 4 rings (SSSR count). The van der Waals surface area contributed by atoms with Gasteiger partial charge in [0.25, 0.3) is 0 Å². The highest BCUT2D eigenvalue weighted by Crippen LogP contribution is 2.36. The first-order valence-corrected chi connectivity index (χ1v) is 7.54. The lowest BCUT2D eigenvalue weighted by molar-refractivity contribution is 1.58. The number of fused-ring (bicyclic) bond motifs is 4. The fourth-order valence-corrected chi connectivity index (χ4v) is 3.66. The molecule has 0 spiro atoms. The van der Waals surface area contributed by atoms with Crippen molar-refractivity contribution in [2.24, 2.45) is 0 Å². The molecule has 0 atom stereocenters. The van der Waals surface area contributed by atoms with E-state index in [2.05, 4.69) is 83.5 Å². The van der Waals surface area contributed by atoms with Gasteiger partial charge in [0.15, 0.2) is 0 Å². The zero-order valence-corrected chi connectivity index (χ0v) is 12.7. The smallest absolute Gasteiger partial charge is 0.0260 e. The first kappa shape index (κ1) is 11.9. The molecular formula is C19H13Br. The maximum atomic E-state index is 3.72. The minimum Gasteiger partial charge on any atom is -0.0616 e. The molecule has 0 unspecified atom stereocenters. The third-order valence-electron chi connectivity index (χ3n) is 4.10. The lowest BCUT2D eigenvalue weighted by atomic mass is 9.94. The molecule has 0 radical (unpaired) electrons. The van der Waals surface area contributed by atoms with Crippen molar-refractivity contribution in [2.75, 3.05) is 0 Å². The zero-order chi connectivity index (χ0) is 13.7. The highest BCUT2D eigenvalue weighted by atomic mass is 79.9. The maximum Gasteiger partial charge on any atom is 0.0260 e. The van der Waals surface area contributed by atoms with Gasteiger partial charge in [0.05, 0.1) is 0 Å². The van der Waals surface area contributed by atoms with E-state index in [1.54, 1.807) is 0 Å². The molecule has 20 heavy (non-hydrogen) atoms. The molecule has 0 amide bonds. The monoisotopic (exact) mass is 320 g/mol. The van der Waals surface area contributed by atoms with Crippen molar-refractivity contribution in [2.45, 2.75) is 6.92 Å². The summed E-state index contributed by atoms with van der Waals surface area (Å²) in [5.41, 5.74) is 1.35. The highest BCUT2D eigenvalue weighted by Gasteiger charge is 2.09. The van der Waals surface area contributed by atoms with Crippen LogP contribution >= 0.6 is 15.9 Å². The van der Waals surface area contributed by atoms with E-state index in [9.17, 15) is 0 Å². The van der Waals surface area contributed by atoms with Crippen LogP contribution in [0.15, 0.2) is 65.1 Å². The molecule has 0 nitrogen and oxygen atoms in total. The number of hydrogen-bond acceptors (Lipinski definition) is 0. The van der Waals surface area contributed by atoms with E-state index in [4.69, 9.17) is 0 Å². The molecule has 0 bridgehead atoms. The number of rotatable bonds is 0. The van der Waals surface area contributed by atoms with Gasteiger partial charge in [0, 0.05) is 4.47 Å². The van der Waals surface area contributed by atoms with Gasteiger partial charge in [-0.2, -0.15) is 0 Å². The molecule has 0 aliphatic heterocycles. The summed E-state index contributed by atoms with van der Waals surface area (Å²) in [5.74, 6) is 0. The van der Waals surface area contributed by atoms with Crippen LogP contribution in [-0.2, 0) is 0 Å². The molecule has 0 saturated carbocycles. The largest absolute Gasteiger partial charge is 0.0616 e. The number of aryl methyl sites for hydroxylation is 1. The highest BCUT2D eigenvalue weighted by molar-refractivity contribution is 9.10. The van der Waals surface area contributed by atoms with Gasteiger partial charge in [-0.05, 0) is 56.9 Å². The van der Waals surface area contributed by atoms with E-state index >= 15 is 0 Å². The van der Waals surface area contributed by atoms with E-state index in [-0.39, 0.29) is 0 Å². The normalized spacial score (nSPS) is 11.5. The van der Waals surface area contributed by atoms with Crippen LogP contribution in [0.1, 0.15) is 5.56 Å². The lowest BCUT2D eigenvalue weighted by Gasteiger charge is -2.11. The van der Waals surface area contributed by atoms with Gasteiger partial charge < -0.3 is 0 Å². The van der Waals surface area contributed by atoms with Gasteiger partial charge in [-0.3, -0.25) is 0 Å². The van der Waals surface area contributed by atoms with E-state index in [0.717, 1.165) is 0 Å². The van der Waals surface area contributed by atoms with Crippen molar-refractivity contribution in [3.63, 3.8) is 0 Å². The van der Waals surface area contributed by atoms with Crippen molar-refractivity contribution < 1.29 is 0 Å². The Bertz CT molecular complexity index is 961. The molecule has 0 aliphatic carbocycles. The molecule has 0 saturated heterocycles. The first-order chi connectivity index (χ1) is 9.75. The summed E-state index contributed by atoms with van der Waals surface area (Å²) >= 11 is 3.72. The molecule has 4 aromatic carbocycles. The van der Waals surface area contributed by atoms with Crippen LogP contribution in [0.3, 0.4) is 0 Å². The third-order valence-corrected chi connectivity index (χ3v) is 4.76. The summed E-state index contributed by atoms with van der Waals surface area (Å²) in [6.45, 7) is 2.21. The quantitative estimate of drug-likeness (QED) is 0.266. The van der Waals surface area contributed by atoms with E-state index in [1.165, 1.54) is 42.4 Å². The zero-order valence-electron chi connectivity index (χ0n) is 11.2. The Kier molecular flexibility index (Phi) is 2.58. The average Bonchev–Trinajstić information content (AvgIpc) is 2.49. The summed E-state index contributed by atoms with van der Waals surface area (Å²) in [4.78, 5) is 0. The Morgan fingerprint density at radius 2 is 1.30 bits per heavy atom. The molecule has 1 heteroatoms. The molecule has 0 aliphatic rings. The molecule has 0 aromatic heterocycles. The predicted octanol–water partition coefficient (Wildman–Crippen LogP) is 6.22. The van der Waals surface area contributed by atoms with Crippen molar-refractivity contribution in [1.82, 2.24) is 0 Å². The van der Waals surface area contributed by atoms with Crippen LogP contribution in [0.25, 0.3) is 32.3 Å². The third kappa shape index (κ3) is 1.60. The van der Waals surface area contributed by atoms with E-state index in [0.29, 0.717) is 0 Å². The Labute approximate surface area is 126 Å². The average molecular weight is 321 g/mol. The standard InChI is InChI=1S/C19H13Br/c1-12-14-7-3-2-6-13(14)10-18-15-8-4-5-9-16(15)19(20)11-17(12)18/h2-11H,1H3. The molecule has 0 heterocycles. The van der Waals surface area contributed by atoms with Gasteiger partial charge >= 0.3 is 0 Å². The summed E-state index contributed by atoms with van der Waals surface area (Å²) in [5, 5.41) is 7.89. The van der Waals surface area contributed by atoms with Gasteiger partial charge in [-0.15, -0.1) is 0 Å². The summed E-state index contributed by atoms with van der Waals surface area (Å²) in [6, 6.07) is 21.7. The summed E-state index contributed by atoms with van der Waals surface area (Å²) in [7, 11) is 0. The summed E-state index contributed by atoms with van der Waals surface area (Å²) in [6.07, 6.45) is 0. The Morgan fingerprint density at radius 1 is 0.650 bits per heavy atom. The van der Waals surface area contributed by atoms with Crippen molar-refractivity contribution in [1.29, 1.82) is 0 Å². The van der Waals surface area contributed by atoms with Gasteiger partial charge in [0.1, 0.15) is 0 Å². The second kappa shape index (κ2) is 4.32. The minimum atomic E-state index is 1.17. The molecular weight excluding hydrogens is 308 g/mol. The Morgan fingerprint density at radius 3 is 2.10 bits per heavy atom. The predicted molar refractivity (Wildman–Crippen MR) is 91.4 cm³/mol. The Hall–Kier alpha value is -1.86. The number of hydrogen-bond donors (Lipinski definition) is 0. The van der Waals surface area contributed by atoms with Crippen LogP contribution in [0.4, 0.5) is 0 Å². The van der Waals surface area contributed by atoms with Gasteiger partial charge in [-0.25, -0.2) is 0 Å². The topological polar surface area (TPSA) is 0 Å². The molecule has 0 fully saturated rings. The van der Waals surface area contributed by atoms with Crippen LogP contribution in [-0.4, -0.2) is 0 Å². The maximum absolute atomic E-state index is 3.72. The number of benzene rings is 4. The van der Waals surface area contributed by atoms with Crippen molar-refractivity contribution in [3.05, 3.63) is 70.7 Å². The van der Waals surface area contributed by atoms with Crippen LogP contribution < -0.4 is 0 Å². The van der Waals surface area contributed by atoms with Gasteiger partial charge in [0.2, 0.25) is 0 Å². The molecule has 4 aromatic rings. The SMILES string of the molecule is Cc1c2ccccc2cc2c1cc(Br)c1ccccc12. The van der Waals surface area contributed by atoms with Crippen LogP contribution in [0, 0.1) is 6.92 Å². The molecule has 96 valence electrons. The second-order valence-corrected chi connectivity index (χ2v) is 6.08. The molecule has 0 N–H and O–H groups in total. The second-order valence-electron chi connectivity index (χ2n) is 5.22. The number of halogens is 1. The van der Waals surface area contributed by atoms with Crippen molar-refractivity contribution >= 4 is 48.2 Å². The van der Waals surface area contributed by atoms with Crippen LogP contribution in [0.2, 0.25) is 0 Å². The van der Waals surface area contributed by atoms with Gasteiger partial charge in [-0.1, -0.05) is 64.5 Å². The fraction of sp³-hybridized carbons (Fsp3) is 0.0526. The Balaban J connectivity index is 2.34. The van der Waals surface area contributed by atoms with E-state index in [1.807, 2.05) is 0 Å². The summed E-state index contributed by atoms with van der Waals surface area (Å²) < 4.78 is 1.17. The lowest BCUT2D eigenvalue weighted by Crippen LogP contribution is -1.85. The fourth-order valence-electron chi connectivity index (χ4n) is 3.08.